The Morgan fingerprint density at radius 2 is 2.18 bits per heavy atom. The Kier molecular flexibility index (Phi) is 5.15. The Labute approximate surface area is 139 Å². The topological polar surface area (TPSA) is 51.1 Å². The lowest BCUT2D eigenvalue weighted by atomic mass is 9.98. The number of ether oxygens (including phenoxy) is 1. The number of aryl methyl sites for hydroxylation is 1. The first-order valence-corrected chi connectivity index (χ1v) is 9.51. The number of anilines is 1. The van der Waals surface area contributed by atoms with Crippen molar-refractivity contribution in [1.82, 2.24) is 15.0 Å². The average molecular weight is 336 g/mol. The molecule has 1 aliphatic heterocycles. The molecule has 118 valence electrons. The fraction of sp³-hybridized carbons (Fsp3) is 0.533. The molecule has 22 heavy (non-hydrogen) atoms. The summed E-state index contributed by atoms with van der Waals surface area (Å²) in [6.45, 7) is 4.84. The Balaban J connectivity index is 1.51. The highest BCUT2D eigenvalue weighted by Gasteiger charge is 2.21. The number of aromatic nitrogens is 3. The van der Waals surface area contributed by atoms with Crippen molar-refractivity contribution in [2.45, 2.75) is 24.9 Å². The van der Waals surface area contributed by atoms with Gasteiger partial charge in [0.25, 0.3) is 0 Å². The van der Waals surface area contributed by atoms with Gasteiger partial charge >= 0.3 is 0 Å². The third kappa shape index (κ3) is 3.70. The van der Waals surface area contributed by atoms with Crippen LogP contribution in [0.5, 0.6) is 5.88 Å². The summed E-state index contributed by atoms with van der Waals surface area (Å²) >= 11 is 3.25. The third-order valence-electron chi connectivity index (χ3n) is 3.85. The number of nitrogens with zero attached hydrogens (tertiary/aromatic N) is 4. The molecule has 1 saturated heterocycles. The van der Waals surface area contributed by atoms with Crippen LogP contribution in [0.2, 0.25) is 0 Å². The van der Waals surface area contributed by atoms with Crippen LogP contribution in [-0.2, 0) is 0 Å². The molecular weight excluding hydrogens is 316 g/mol. The summed E-state index contributed by atoms with van der Waals surface area (Å²) in [7, 11) is 0. The number of hydrogen-bond acceptors (Lipinski definition) is 7. The lowest BCUT2D eigenvalue weighted by molar-refractivity contribution is 0.213. The van der Waals surface area contributed by atoms with E-state index < -0.39 is 0 Å². The van der Waals surface area contributed by atoms with Gasteiger partial charge in [-0.2, -0.15) is 4.98 Å². The molecule has 0 saturated carbocycles. The molecule has 1 aliphatic rings. The second-order valence-corrected chi connectivity index (χ2v) is 7.05. The fourth-order valence-corrected chi connectivity index (χ4v) is 3.54. The molecule has 0 spiro atoms. The maximum absolute atomic E-state index is 5.95. The zero-order chi connectivity index (χ0) is 15.4. The first-order valence-electron chi connectivity index (χ1n) is 7.41. The summed E-state index contributed by atoms with van der Waals surface area (Å²) < 4.78 is 5.95. The van der Waals surface area contributed by atoms with E-state index in [1.807, 2.05) is 31.0 Å². The molecule has 3 rings (SSSR count). The van der Waals surface area contributed by atoms with Gasteiger partial charge in [-0.05, 0) is 31.9 Å². The third-order valence-corrected chi connectivity index (χ3v) is 5.24. The quantitative estimate of drug-likeness (QED) is 0.617. The molecular formula is C15H20N4OS2. The van der Waals surface area contributed by atoms with E-state index in [9.17, 15) is 0 Å². The minimum Gasteiger partial charge on any atom is -0.477 e. The van der Waals surface area contributed by atoms with Crippen molar-refractivity contribution in [3.63, 3.8) is 0 Å². The van der Waals surface area contributed by atoms with Gasteiger partial charge in [0.2, 0.25) is 5.88 Å². The van der Waals surface area contributed by atoms with E-state index in [4.69, 9.17) is 4.74 Å². The van der Waals surface area contributed by atoms with E-state index in [0.717, 1.165) is 54.3 Å². The standard InChI is InChI=1S/C15H20N4OS2/c1-11-9-17-14(21-2)18-13(11)20-10-12-3-6-19(7-4-12)15-16-5-8-22-15/h5,8-9,12H,3-4,6-7,10H2,1-2H3. The molecule has 0 amide bonds. The van der Waals surface area contributed by atoms with Gasteiger partial charge in [0, 0.05) is 36.4 Å². The van der Waals surface area contributed by atoms with Gasteiger partial charge in [-0.15, -0.1) is 11.3 Å². The maximum Gasteiger partial charge on any atom is 0.220 e. The maximum atomic E-state index is 5.95. The number of thiazole rings is 1. The Morgan fingerprint density at radius 1 is 1.36 bits per heavy atom. The van der Waals surface area contributed by atoms with Crippen LogP contribution in [0.1, 0.15) is 18.4 Å². The SMILES string of the molecule is CSc1ncc(C)c(OCC2CCN(c3nccs3)CC2)n1. The monoisotopic (exact) mass is 336 g/mol. The van der Waals surface area contributed by atoms with Gasteiger partial charge in [0.15, 0.2) is 10.3 Å². The molecule has 0 aromatic carbocycles. The predicted octanol–water partition coefficient (Wildman–Crippen LogP) is 3.26. The first kappa shape index (κ1) is 15.6. The largest absolute Gasteiger partial charge is 0.477 e. The van der Waals surface area contributed by atoms with E-state index in [-0.39, 0.29) is 0 Å². The number of rotatable bonds is 5. The van der Waals surface area contributed by atoms with Crippen LogP contribution in [0.4, 0.5) is 5.13 Å². The second kappa shape index (κ2) is 7.28. The van der Waals surface area contributed by atoms with Crippen molar-refractivity contribution >= 4 is 28.2 Å². The normalized spacial score (nSPS) is 16.0. The molecule has 0 bridgehead atoms. The second-order valence-electron chi connectivity index (χ2n) is 5.40. The van der Waals surface area contributed by atoms with E-state index in [1.54, 1.807) is 11.3 Å². The van der Waals surface area contributed by atoms with Crippen molar-refractivity contribution in [3.8, 4) is 5.88 Å². The summed E-state index contributed by atoms with van der Waals surface area (Å²) in [4.78, 5) is 15.4. The molecule has 1 fully saturated rings. The van der Waals surface area contributed by atoms with Gasteiger partial charge in [0.1, 0.15) is 0 Å². The van der Waals surface area contributed by atoms with Crippen LogP contribution in [0.15, 0.2) is 22.9 Å². The molecule has 0 N–H and O–H groups in total. The molecule has 7 heteroatoms. The van der Waals surface area contributed by atoms with Crippen molar-refractivity contribution < 1.29 is 4.74 Å². The highest BCUT2D eigenvalue weighted by atomic mass is 32.2. The van der Waals surface area contributed by atoms with Crippen LogP contribution in [0, 0.1) is 12.8 Å². The van der Waals surface area contributed by atoms with E-state index in [1.165, 1.54) is 11.8 Å². The smallest absolute Gasteiger partial charge is 0.220 e. The van der Waals surface area contributed by atoms with E-state index in [0.29, 0.717) is 5.92 Å². The summed E-state index contributed by atoms with van der Waals surface area (Å²) in [6.07, 6.45) is 7.95. The summed E-state index contributed by atoms with van der Waals surface area (Å²) in [6, 6.07) is 0. The summed E-state index contributed by atoms with van der Waals surface area (Å²) in [5, 5.41) is 3.93. The molecule has 0 unspecified atom stereocenters. The highest BCUT2D eigenvalue weighted by molar-refractivity contribution is 7.98. The van der Waals surface area contributed by atoms with Gasteiger partial charge in [-0.25, -0.2) is 9.97 Å². The Hall–Kier alpha value is -1.34. The molecule has 2 aromatic rings. The first-order chi connectivity index (χ1) is 10.8. The minimum absolute atomic E-state index is 0.586. The average Bonchev–Trinajstić information content (AvgIpc) is 3.09. The Morgan fingerprint density at radius 3 is 2.86 bits per heavy atom. The van der Waals surface area contributed by atoms with Crippen LogP contribution >= 0.6 is 23.1 Å². The molecule has 3 heterocycles. The van der Waals surface area contributed by atoms with Crippen molar-refractivity contribution in [2.24, 2.45) is 5.92 Å². The molecule has 5 nitrogen and oxygen atoms in total. The van der Waals surface area contributed by atoms with Gasteiger partial charge in [0.05, 0.1) is 6.61 Å². The molecule has 0 radical (unpaired) electrons. The van der Waals surface area contributed by atoms with E-state index >= 15 is 0 Å². The summed E-state index contributed by atoms with van der Waals surface area (Å²) in [5.41, 5.74) is 0.998. The fourth-order valence-electron chi connectivity index (χ4n) is 2.52. The van der Waals surface area contributed by atoms with Gasteiger partial charge in [-0.1, -0.05) is 11.8 Å². The van der Waals surface area contributed by atoms with Gasteiger partial charge in [-0.3, -0.25) is 0 Å². The molecule has 2 aromatic heterocycles. The van der Waals surface area contributed by atoms with Crippen LogP contribution in [0.3, 0.4) is 0 Å². The highest BCUT2D eigenvalue weighted by Crippen LogP contribution is 2.26. The van der Waals surface area contributed by atoms with Gasteiger partial charge < -0.3 is 9.64 Å². The number of piperidine rings is 1. The number of thioether (sulfide) groups is 1. The predicted molar refractivity (Wildman–Crippen MR) is 91.1 cm³/mol. The van der Waals surface area contributed by atoms with Crippen LogP contribution in [-0.4, -0.2) is 40.9 Å². The lowest BCUT2D eigenvalue weighted by Crippen LogP contribution is -2.35. The number of hydrogen-bond donors (Lipinski definition) is 0. The van der Waals surface area contributed by atoms with Crippen LogP contribution in [0.25, 0.3) is 0 Å². The zero-order valence-corrected chi connectivity index (χ0v) is 14.5. The molecule has 0 atom stereocenters. The molecule has 0 aliphatic carbocycles. The summed E-state index contributed by atoms with van der Waals surface area (Å²) in [5.74, 6) is 1.31. The van der Waals surface area contributed by atoms with E-state index in [2.05, 4.69) is 19.9 Å². The van der Waals surface area contributed by atoms with Crippen LogP contribution < -0.4 is 9.64 Å². The lowest BCUT2D eigenvalue weighted by Gasteiger charge is -2.31. The Bertz CT molecular complexity index is 598. The van der Waals surface area contributed by atoms with Crippen molar-refractivity contribution in [1.29, 1.82) is 0 Å². The van der Waals surface area contributed by atoms with Crippen molar-refractivity contribution in [2.75, 3.05) is 30.9 Å². The minimum atomic E-state index is 0.586. The van der Waals surface area contributed by atoms with Crippen molar-refractivity contribution in [3.05, 3.63) is 23.3 Å². The zero-order valence-electron chi connectivity index (χ0n) is 12.9.